The third-order valence-corrected chi connectivity index (χ3v) is 4.83. The lowest BCUT2D eigenvalue weighted by atomic mass is 10.1. The number of hydrogen-bond acceptors (Lipinski definition) is 3. The number of phosphoric acid groups is 1. The lowest BCUT2D eigenvalue weighted by molar-refractivity contribution is -0.122. The van der Waals surface area contributed by atoms with Gasteiger partial charge in [0, 0.05) is 12.8 Å². The molecule has 1 aliphatic carbocycles. The van der Waals surface area contributed by atoms with Crippen molar-refractivity contribution in [3.8, 4) is 0 Å². The summed E-state index contributed by atoms with van der Waals surface area (Å²) in [7, 11) is -4.61. The lowest BCUT2D eigenvalue weighted by Crippen LogP contribution is -2.34. The van der Waals surface area contributed by atoms with Gasteiger partial charge in [-0.2, -0.15) is 0 Å². The molecule has 1 aromatic rings. The number of carbonyl (C=O) groups is 1. The largest absolute Gasteiger partial charge is 0.469 e. The Labute approximate surface area is 142 Å². The van der Waals surface area contributed by atoms with E-state index in [0.29, 0.717) is 12.8 Å². The zero-order valence-corrected chi connectivity index (χ0v) is 14.9. The molecule has 2 atom stereocenters. The van der Waals surface area contributed by atoms with Gasteiger partial charge in [-0.1, -0.05) is 56.9 Å². The van der Waals surface area contributed by atoms with E-state index in [9.17, 15) is 9.36 Å². The standard InChI is InChI=1S/C17H26NO5P/c1-2-3-4-5-6-11-16(19)18-17-14-10-8-7-9-13(14)12-15(17)23-24(20,21)22/h7-10,15,17H,2-6,11-12H2,1H3,(H,18,19)(H2,20,21,22)/t15?,17-/m1/s1. The monoisotopic (exact) mass is 355 g/mol. The number of amides is 1. The van der Waals surface area contributed by atoms with Gasteiger partial charge in [0.25, 0.3) is 0 Å². The maximum absolute atomic E-state index is 12.2. The number of benzene rings is 1. The molecule has 1 amide bonds. The van der Waals surface area contributed by atoms with E-state index in [1.54, 1.807) is 0 Å². The molecule has 6 nitrogen and oxygen atoms in total. The third-order valence-electron chi connectivity index (χ3n) is 4.28. The van der Waals surface area contributed by atoms with Gasteiger partial charge in [0.2, 0.25) is 5.91 Å². The van der Waals surface area contributed by atoms with Gasteiger partial charge in [-0.05, 0) is 17.5 Å². The van der Waals surface area contributed by atoms with Gasteiger partial charge in [0.1, 0.15) is 0 Å². The SMILES string of the molecule is CCCCCCCC(=O)N[C@@H]1c2ccccc2CC1OP(=O)(O)O. The Morgan fingerprint density at radius 1 is 1.25 bits per heavy atom. The smallest absolute Gasteiger partial charge is 0.347 e. The van der Waals surface area contributed by atoms with Crippen LogP contribution in [0.1, 0.15) is 62.6 Å². The molecule has 7 heteroatoms. The van der Waals surface area contributed by atoms with Crippen molar-refractivity contribution in [1.82, 2.24) is 5.32 Å². The summed E-state index contributed by atoms with van der Waals surface area (Å²) in [6, 6.07) is 6.96. The van der Waals surface area contributed by atoms with Crippen molar-refractivity contribution in [2.24, 2.45) is 0 Å². The Hall–Kier alpha value is -1.20. The minimum absolute atomic E-state index is 0.104. The Kier molecular flexibility index (Phi) is 6.99. The maximum atomic E-state index is 12.2. The second-order valence-electron chi connectivity index (χ2n) is 6.25. The van der Waals surface area contributed by atoms with Crippen molar-refractivity contribution in [3.05, 3.63) is 35.4 Å². The fourth-order valence-corrected chi connectivity index (χ4v) is 3.69. The van der Waals surface area contributed by atoms with E-state index in [1.165, 1.54) is 6.42 Å². The van der Waals surface area contributed by atoms with Crippen LogP contribution in [0.4, 0.5) is 0 Å². The molecule has 0 aliphatic heterocycles. The number of carbonyl (C=O) groups excluding carboxylic acids is 1. The van der Waals surface area contributed by atoms with Crippen LogP contribution in [-0.4, -0.2) is 21.8 Å². The molecule has 0 radical (unpaired) electrons. The van der Waals surface area contributed by atoms with Crippen LogP contribution in [-0.2, 0) is 20.3 Å². The predicted molar refractivity (Wildman–Crippen MR) is 91.3 cm³/mol. The number of hydrogen-bond donors (Lipinski definition) is 3. The molecule has 0 saturated carbocycles. The average Bonchev–Trinajstić information content (AvgIpc) is 2.83. The zero-order chi connectivity index (χ0) is 17.6. The maximum Gasteiger partial charge on any atom is 0.469 e. The summed E-state index contributed by atoms with van der Waals surface area (Å²) in [6.07, 6.45) is 5.36. The van der Waals surface area contributed by atoms with E-state index < -0.39 is 20.0 Å². The van der Waals surface area contributed by atoms with Crippen LogP contribution in [0, 0.1) is 0 Å². The van der Waals surface area contributed by atoms with Crippen molar-refractivity contribution < 1.29 is 23.7 Å². The third kappa shape index (κ3) is 5.71. The molecule has 0 spiro atoms. The Bertz CT molecular complexity index is 600. The summed E-state index contributed by atoms with van der Waals surface area (Å²) in [4.78, 5) is 30.4. The van der Waals surface area contributed by atoms with Gasteiger partial charge in [0.15, 0.2) is 0 Å². The quantitative estimate of drug-likeness (QED) is 0.467. The minimum Gasteiger partial charge on any atom is -0.347 e. The fourth-order valence-electron chi connectivity index (χ4n) is 3.14. The predicted octanol–water partition coefficient (Wildman–Crippen LogP) is 3.24. The molecule has 3 N–H and O–H groups in total. The first-order chi connectivity index (χ1) is 11.4. The Balaban J connectivity index is 1.96. The summed E-state index contributed by atoms with van der Waals surface area (Å²) in [5.74, 6) is -0.104. The molecule has 0 fully saturated rings. The molecular formula is C17H26NO5P. The molecule has 0 saturated heterocycles. The van der Waals surface area contributed by atoms with E-state index in [4.69, 9.17) is 14.3 Å². The van der Waals surface area contributed by atoms with Gasteiger partial charge < -0.3 is 15.1 Å². The van der Waals surface area contributed by atoms with Gasteiger partial charge in [-0.15, -0.1) is 0 Å². The zero-order valence-electron chi connectivity index (χ0n) is 14.0. The van der Waals surface area contributed by atoms with Crippen molar-refractivity contribution in [1.29, 1.82) is 0 Å². The van der Waals surface area contributed by atoms with Crippen LogP contribution in [0.5, 0.6) is 0 Å². The van der Waals surface area contributed by atoms with Crippen LogP contribution in [0.3, 0.4) is 0 Å². The Morgan fingerprint density at radius 3 is 2.67 bits per heavy atom. The van der Waals surface area contributed by atoms with Crippen molar-refractivity contribution in [3.63, 3.8) is 0 Å². The van der Waals surface area contributed by atoms with E-state index in [2.05, 4.69) is 12.2 Å². The molecule has 0 bridgehead atoms. The normalized spacial score (nSPS) is 20.0. The molecule has 1 unspecified atom stereocenters. The highest BCUT2D eigenvalue weighted by molar-refractivity contribution is 7.46. The number of nitrogens with one attached hydrogen (secondary N) is 1. The summed E-state index contributed by atoms with van der Waals surface area (Å²) >= 11 is 0. The van der Waals surface area contributed by atoms with Gasteiger partial charge in [0.05, 0.1) is 12.1 Å². The van der Waals surface area contributed by atoms with Crippen LogP contribution < -0.4 is 5.32 Å². The Morgan fingerprint density at radius 2 is 1.96 bits per heavy atom. The number of unbranched alkanes of at least 4 members (excludes halogenated alkanes) is 4. The number of phosphoric ester groups is 1. The average molecular weight is 355 g/mol. The summed E-state index contributed by atoms with van der Waals surface area (Å²) in [5, 5.41) is 2.89. The molecule has 134 valence electrons. The molecule has 2 rings (SSSR count). The lowest BCUT2D eigenvalue weighted by Gasteiger charge is -2.22. The first-order valence-corrected chi connectivity index (χ1v) is 10.0. The van der Waals surface area contributed by atoms with Crippen LogP contribution in [0.2, 0.25) is 0 Å². The highest BCUT2D eigenvalue weighted by Gasteiger charge is 2.37. The van der Waals surface area contributed by atoms with Gasteiger partial charge in [-0.3, -0.25) is 9.32 Å². The van der Waals surface area contributed by atoms with Crippen molar-refractivity contribution in [2.75, 3.05) is 0 Å². The van der Waals surface area contributed by atoms with E-state index in [0.717, 1.165) is 36.8 Å². The molecule has 1 aliphatic rings. The molecular weight excluding hydrogens is 329 g/mol. The van der Waals surface area contributed by atoms with E-state index >= 15 is 0 Å². The molecule has 0 aromatic heterocycles. The molecule has 0 heterocycles. The topological polar surface area (TPSA) is 95.9 Å². The molecule has 24 heavy (non-hydrogen) atoms. The summed E-state index contributed by atoms with van der Waals surface area (Å²) < 4.78 is 16.1. The van der Waals surface area contributed by atoms with Crippen LogP contribution >= 0.6 is 7.82 Å². The summed E-state index contributed by atoms with van der Waals surface area (Å²) in [6.45, 7) is 2.14. The van der Waals surface area contributed by atoms with Crippen LogP contribution in [0.15, 0.2) is 24.3 Å². The van der Waals surface area contributed by atoms with E-state index in [1.807, 2.05) is 24.3 Å². The first kappa shape index (κ1) is 19.1. The number of rotatable bonds is 9. The highest BCUT2D eigenvalue weighted by atomic mass is 31.2. The van der Waals surface area contributed by atoms with Crippen molar-refractivity contribution in [2.45, 2.75) is 64.0 Å². The molecule has 1 aromatic carbocycles. The second-order valence-corrected chi connectivity index (χ2v) is 7.44. The minimum atomic E-state index is -4.61. The highest BCUT2D eigenvalue weighted by Crippen LogP contribution is 2.44. The second kappa shape index (κ2) is 8.77. The summed E-state index contributed by atoms with van der Waals surface area (Å²) in [5.41, 5.74) is 1.82. The van der Waals surface area contributed by atoms with Gasteiger partial charge >= 0.3 is 7.82 Å². The van der Waals surface area contributed by atoms with E-state index in [-0.39, 0.29) is 5.91 Å². The fraction of sp³-hybridized carbons (Fsp3) is 0.588. The first-order valence-electron chi connectivity index (χ1n) is 8.52. The van der Waals surface area contributed by atoms with Crippen LogP contribution in [0.25, 0.3) is 0 Å². The number of fused-ring (bicyclic) bond motifs is 1. The van der Waals surface area contributed by atoms with Crippen molar-refractivity contribution >= 4 is 13.7 Å². The van der Waals surface area contributed by atoms with Gasteiger partial charge in [-0.25, -0.2) is 4.57 Å².